The maximum absolute atomic E-state index is 12.7. The molecular weight excluding hydrogens is 353 g/mol. The fourth-order valence-corrected chi connectivity index (χ4v) is 1.92. The molecule has 108 valence electrons. The van der Waals surface area contributed by atoms with E-state index in [4.69, 9.17) is 4.74 Å². The number of rotatable bonds is 5. The van der Waals surface area contributed by atoms with Crippen LogP contribution in [0.2, 0.25) is 0 Å². The highest BCUT2D eigenvalue weighted by atomic mass is 79.9. The van der Waals surface area contributed by atoms with E-state index >= 15 is 0 Å². The molecule has 0 heterocycles. The molecule has 0 fully saturated rings. The average molecular weight is 363 g/mol. The lowest BCUT2D eigenvalue weighted by Gasteiger charge is -2.14. The molecule has 4 nitrogen and oxygen atoms in total. The van der Waals surface area contributed by atoms with Crippen LogP contribution in [0.25, 0.3) is 0 Å². The first-order chi connectivity index (χ1) is 8.59. The van der Waals surface area contributed by atoms with Crippen LogP contribution in [0.15, 0.2) is 22.7 Å². The molecular formula is C10H10BrF3O4S. The Balaban J connectivity index is 2.73. The highest BCUT2D eigenvalue weighted by Crippen LogP contribution is 2.37. The lowest BCUT2D eigenvalue weighted by molar-refractivity contribution is -0.139. The summed E-state index contributed by atoms with van der Waals surface area (Å²) in [5, 5.41) is 0. The van der Waals surface area contributed by atoms with Crippen molar-refractivity contribution in [2.24, 2.45) is 0 Å². The van der Waals surface area contributed by atoms with Crippen molar-refractivity contribution < 1.29 is 30.5 Å². The van der Waals surface area contributed by atoms with Crippen molar-refractivity contribution in [2.45, 2.75) is 6.18 Å². The monoisotopic (exact) mass is 362 g/mol. The van der Waals surface area contributed by atoms with Crippen molar-refractivity contribution in [1.82, 2.24) is 0 Å². The molecule has 0 amide bonds. The van der Waals surface area contributed by atoms with E-state index in [2.05, 4.69) is 20.1 Å². The number of alkyl halides is 3. The first kappa shape index (κ1) is 16.3. The highest BCUT2D eigenvalue weighted by Gasteiger charge is 2.34. The SMILES string of the molecule is CS(=O)(=O)OCCOc1ccc(Br)cc1C(F)(F)F. The molecule has 9 heteroatoms. The topological polar surface area (TPSA) is 52.6 Å². The van der Waals surface area contributed by atoms with Crippen molar-refractivity contribution in [3.05, 3.63) is 28.2 Å². The third kappa shape index (κ3) is 5.79. The van der Waals surface area contributed by atoms with Gasteiger partial charge in [0.05, 0.1) is 11.8 Å². The molecule has 0 saturated heterocycles. The Morgan fingerprint density at radius 2 is 1.89 bits per heavy atom. The standard InChI is InChI=1S/C10H10BrF3O4S/c1-19(15,16)18-5-4-17-9-3-2-7(11)6-8(9)10(12,13)14/h2-3,6H,4-5H2,1H3. The van der Waals surface area contributed by atoms with Gasteiger partial charge in [0.15, 0.2) is 0 Å². The van der Waals surface area contributed by atoms with Gasteiger partial charge in [0.1, 0.15) is 19.0 Å². The Labute approximate surface area is 116 Å². The van der Waals surface area contributed by atoms with E-state index in [0.29, 0.717) is 0 Å². The van der Waals surface area contributed by atoms with E-state index in [1.54, 1.807) is 0 Å². The molecule has 1 rings (SSSR count). The predicted molar refractivity (Wildman–Crippen MR) is 65.4 cm³/mol. The summed E-state index contributed by atoms with van der Waals surface area (Å²) in [5.74, 6) is -0.382. The molecule has 0 spiro atoms. The van der Waals surface area contributed by atoms with E-state index in [1.165, 1.54) is 6.07 Å². The number of hydrogen-bond acceptors (Lipinski definition) is 4. The summed E-state index contributed by atoms with van der Waals surface area (Å²) in [6, 6.07) is 3.42. The van der Waals surface area contributed by atoms with Crippen LogP contribution in [-0.2, 0) is 20.5 Å². The third-order valence-corrected chi connectivity index (χ3v) is 2.97. The second-order valence-corrected chi connectivity index (χ2v) is 6.07. The van der Waals surface area contributed by atoms with Crippen molar-refractivity contribution in [3.63, 3.8) is 0 Å². The Bertz CT molecular complexity index is 542. The number of halogens is 4. The normalized spacial score (nSPS) is 12.5. The van der Waals surface area contributed by atoms with Crippen LogP contribution in [-0.4, -0.2) is 27.9 Å². The lowest BCUT2D eigenvalue weighted by Crippen LogP contribution is -2.14. The Hall–Kier alpha value is -0.800. The van der Waals surface area contributed by atoms with Gasteiger partial charge in [-0.15, -0.1) is 0 Å². The average Bonchev–Trinajstić information content (AvgIpc) is 2.23. The summed E-state index contributed by atoms with van der Waals surface area (Å²) >= 11 is 2.94. The second-order valence-electron chi connectivity index (χ2n) is 3.51. The van der Waals surface area contributed by atoms with Gasteiger partial charge >= 0.3 is 6.18 Å². The van der Waals surface area contributed by atoms with Crippen LogP contribution in [0.3, 0.4) is 0 Å². The molecule has 0 aliphatic heterocycles. The fraction of sp³-hybridized carbons (Fsp3) is 0.400. The first-order valence-corrected chi connectivity index (χ1v) is 7.54. The summed E-state index contributed by atoms with van der Waals surface area (Å²) in [7, 11) is -3.63. The van der Waals surface area contributed by atoms with Crippen molar-refractivity contribution in [1.29, 1.82) is 0 Å². The predicted octanol–water partition coefficient (Wildman–Crippen LogP) is 2.82. The van der Waals surface area contributed by atoms with E-state index in [1.807, 2.05) is 0 Å². The van der Waals surface area contributed by atoms with E-state index < -0.39 is 21.9 Å². The molecule has 0 aromatic heterocycles. The third-order valence-electron chi connectivity index (χ3n) is 1.89. The van der Waals surface area contributed by atoms with Gasteiger partial charge in [0.25, 0.3) is 10.1 Å². The fourth-order valence-electron chi connectivity index (χ4n) is 1.19. The zero-order chi connectivity index (χ0) is 14.7. The summed E-state index contributed by atoms with van der Waals surface area (Å²) in [6.45, 7) is -0.663. The molecule has 1 aromatic carbocycles. The molecule has 1 aromatic rings. The van der Waals surface area contributed by atoms with Crippen molar-refractivity contribution in [3.8, 4) is 5.75 Å². The maximum Gasteiger partial charge on any atom is 0.420 e. The summed E-state index contributed by atoms with van der Waals surface area (Å²) in [4.78, 5) is 0. The molecule has 0 N–H and O–H groups in total. The van der Waals surface area contributed by atoms with Gasteiger partial charge in [-0.2, -0.15) is 21.6 Å². The van der Waals surface area contributed by atoms with Crippen LogP contribution in [0, 0.1) is 0 Å². The van der Waals surface area contributed by atoms with Crippen LogP contribution in [0.1, 0.15) is 5.56 Å². The first-order valence-electron chi connectivity index (χ1n) is 4.93. The zero-order valence-corrected chi connectivity index (χ0v) is 12.1. The van der Waals surface area contributed by atoms with Gasteiger partial charge in [0.2, 0.25) is 0 Å². The molecule has 0 saturated carbocycles. The summed E-state index contributed by atoms with van der Waals surface area (Å²) in [6.07, 6.45) is -3.72. The smallest absolute Gasteiger partial charge is 0.420 e. The van der Waals surface area contributed by atoms with Gasteiger partial charge in [-0.05, 0) is 18.2 Å². The van der Waals surface area contributed by atoms with Crippen LogP contribution in [0.5, 0.6) is 5.75 Å². The quantitative estimate of drug-likeness (QED) is 0.597. The Kier molecular flexibility index (Phi) is 5.22. The van der Waals surface area contributed by atoms with Gasteiger partial charge in [-0.3, -0.25) is 4.18 Å². The largest absolute Gasteiger partial charge is 0.490 e. The molecule has 19 heavy (non-hydrogen) atoms. The van der Waals surface area contributed by atoms with Gasteiger partial charge < -0.3 is 4.74 Å². The zero-order valence-electron chi connectivity index (χ0n) is 9.70. The van der Waals surface area contributed by atoms with E-state index in [0.717, 1.165) is 18.4 Å². The van der Waals surface area contributed by atoms with Gasteiger partial charge in [0, 0.05) is 4.47 Å². The van der Waals surface area contributed by atoms with Gasteiger partial charge in [-0.1, -0.05) is 15.9 Å². The minimum absolute atomic E-state index is 0.263. The number of ether oxygens (including phenoxy) is 1. The molecule has 0 radical (unpaired) electrons. The minimum atomic E-state index is -4.56. The molecule has 0 bridgehead atoms. The van der Waals surface area contributed by atoms with Crippen molar-refractivity contribution in [2.75, 3.05) is 19.5 Å². The maximum atomic E-state index is 12.7. The number of benzene rings is 1. The van der Waals surface area contributed by atoms with E-state index in [9.17, 15) is 21.6 Å². The van der Waals surface area contributed by atoms with Crippen molar-refractivity contribution >= 4 is 26.0 Å². The van der Waals surface area contributed by atoms with Crippen LogP contribution >= 0.6 is 15.9 Å². The molecule has 0 aliphatic carbocycles. The molecule has 0 aliphatic rings. The lowest BCUT2D eigenvalue weighted by atomic mass is 10.2. The minimum Gasteiger partial charge on any atom is -0.490 e. The Morgan fingerprint density at radius 1 is 1.26 bits per heavy atom. The molecule has 0 unspecified atom stereocenters. The summed E-state index contributed by atoms with van der Waals surface area (Å²) < 4.78 is 68.9. The van der Waals surface area contributed by atoms with Crippen LogP contribution in [0.4, 0.5) is 13.2 Å². The van der Waals surface area contributed by atoms with Crippen LogP contribution < -0.4 is 4.74 Å². The van der Waals surface area contributed by atoms with E-state index in [-0.39, 0.29) is 23.4 Å². The number of hydrogen-bond donors (Lipinski definition) is 0. The van der Waals surface area contributed by atoms with Gasteiger partial charge in [-0.25, -0.2) is 0 Å². The second kappa shape index (κ2) is 6.10. The molecule has 0 atom stereocenters. The summed E-state index contributed by atoms with van der Waals surface area (Å²) in [5.41, 5.74) is -0.943. The highest BCUT2D eigenvalue weighted by molar-refractivity contribution is 9.10. The Morgan fingerprint density at radius 3 is 2.42 bits per heavy atom.